The average Bonchev–Trinajstić information content (AvgIpc) is 3.14. The Hall–Kier alpha value is -1.64. The normalized spacial score (nSPS) is 29.6. The first-order valence-corrected chi connectivity index (χ1v) is 11.5. The van der Waals surface area contributed by atoms with Crippen molar-refractivity contribution in [1.82, 2.24) is 9.62 Å². The van der Waals surface area contributed by atoms with E-state index < -0.39 is 10.0 Å². The van der Waals surface area contributed by atoms with E-state index in [2.05, 4.69) is 24.5 Å². The number of amides is 2. The van der Waals surface area contributed by atoms with Crippen molar-refractivity contribution in [3.8, 4) is 0 Å². The Bertz CT molecular complexity index is 849. The molecule has 2 amide bonds. The zero-order valence-electron chi connectivity index (χ0n) is 16.5. The van der Waals surface area contributed by atoms with Crippen LogP contribution in [0.1, 0.15) is 39.5 Å². The monoisotopic (exact) mass is 407 g/mol. The molecular weight excluding hydrogens is 378 g/mol. The van der Waals surface area contributed by atoms with Gasteiger partial charge in [-0.05, 0) is 37.5 Å². The predicted octanol–water partition coefficient (Wildman–Crippen LogP) is 2.80. The molecule has 28 heavy (non-hydrogen) atoms. The molecule has 3 aliphatic rings. The summed E-state index contributed by atoms with van der Waals surface area (Å²) in [6.07, 6.45) is 4.02. The maximum Gasteiger partial charge on any atom is 0.319 e. The fourth-order valence-electron chi connectivity index (χ4n) is 4.91. The van der Waals surface area contributed by atoms with E-state index in [4.69, 9.17) is 4.74 Å². The maximum atomic E-state index is 12.9. The van der Waals surface area contributed by atoms with Crippen molar-refractivity contribution in [2.24, 2.45) is 11.3 Å². The minimum absolute atomic E-state index is 0.0558. The van der Waals surface area contributed by atoms with Crippen LogP contribution in [-0.2, 0) is 14.8 Å². The Labute approximate surface area is 166 Å². The van der Waals surface area contributed by atoms with Crippen molar-refractivity contribution in [2.45, 2.75) is 56.6 Å². The molecule has 2 N–H and O–H groups in total. The molecule has 1 aliphatic carbocycles. The highest BCUT2D eigenvalue weighted by Gasteiger charge is 2.59. The van der Waals surface area contributed by atoms with Crippen LogP contribution in [0.2, 0.25) is 0 Å². The van der Waals surface area contributed by atoms with Gasteiger partial charge in [0.1, 0.15) is 0 Å². The van der Waals surface area contributed by atoms with Crippen LogP contribution >= 0.6 is 0 Å². The van der Waals surface area contributed by atoms with Crippen LogP contribution in [0.4, 0.5) is 10.5 Å². The van der Waals surface area contributed by atoms with Gasteiger partial charge >= 0.3 is 6.03 Å². The molecule has 154 valence electrons. The SMILES string of the molecule is CC1(C)[C@H](NC(=O)Nc2cccc(S(=O)(=O)N3CCCCC3)c2)[C@H]2CCO[C@@H]21. The molecule has 0 aromatic heterocycles. The molecule has 8 heteroatoms. The summed E-state index contributed by atoms with van der Waals surface area (Å²) < 4.78 is 33.0. The molecule has 3 fully saturated rings. The Balaban J connectivity index is 1.43. The molecule has 1 aromatic carbocycles. The van der Waals surface area contributed by atoms with Crippen molar-refractivity contribution in [3.05, 3.63) is 24.3 Å². The minimum Gasteiger partial charge on any atom is -0.377 e. The number of hydrogen-bond acceptors (Lipinski definition) is 4. The topological polar surface area (TPSA) is 87.7 Å². The summed E-state index contributed by atoms with van der Waals surface area (Å²) in [7, 11) is -3.52. The number of nitrogens with one attached hydrogen (secondary N) is 2. The Morgan fingerprint density at radius 2 is 1.96 bits per heavy atom. The Morgan fingerprint density at radius 3 is 2.71 bits per heavy atom. The lowest BCUT2D eigenvalue weighted by atomic mass is 9.57. The van der Waals surface area contributed by atoms with Crippen LogP contribution in [0.5, 0.6) is 0 Å². The number of urea groups is 1. The van der Waals surface area contributed by atoms with Gasteiger partial charge in [-0.15, -0.1) is 0 Å². The highest BCUT2D eigenvalue weighted by atomic mass is 32.2. The van der Waals surface area contributed by atoms with Gasteiger partial charge in [-0.1, -0.05) is 26.3 Å². The second kappa shape index (κ2) is 7.31. The molecular formula is C20H29N3O4S. The smallest absolute Gasteiger partial charge is 0.319 e. The first-order valence-electron chi connectivity index (χ1n) is 10.1. The van der Waals surface area contributed by atoms with Crippen LogP contribution in [-0.4, -0.2) is 50.6 Å². The van der Waals surface area contributed by atoms with E-state index in [0.717, 1.165) is 32.3 Å². The lowest BCUT2D eigenvalue weighted by molar-refractivity contribution is -0.107. The third-order valence-corrected chi connectivity index (χ3v) is 8.33. The number of anilines is 1. The number of sulfonamides is 1. The van der Waals surface area contributed by atoms with Gasteiger partial charge < -0.3 is 15.4 Å². The highest BCUT2D eigenvalue weighted by molar-refractivity contribution is 7.89. The van der Waals surface area contributed by atoms with E-state index >= 15 is 0 Å². The first-order chi connectivity index (χ1) is 13.3. The van der Waals surface area contributed by atoms with Crippen LogP contribution in [0.25, 0.3) is 0 Å². The van der Waals surface area contributed by atoms with Gasteiger partial charge in [0.15, 0.2) is 0 Å². The molecule has 2 aliphatic heterocycles. The van der Waals surface area contributed by atoms with Crippen LogP contribution in [0.3, 0.4) is 0 Å². The first kappa shape index (κ1) is 19.7. The van der Waals surface area contributed by atoms with E-state index in [1.165, 1.54) is 10.4 Å². The summed E-state index contributed by atoms with van der Waals surface area (Å²) in [6.45, 7) is 6.07. The van der Waals surface area contributed by atoms with Crippen LogP contribution in [0.15, 0.2) is 29.2 Å². The molecule has 0 unspecified atom stereocenters. The van der Waals surface area contributed by atoms with Crippen LogP contribution < -0.4 is 10.6 Å². The van der Waals surface area contributed by atoms with Gasteiger partial charge in [-0.3, -0.25) is 0 Å². The molecule has 1 saturated carbocycles. The van der Waals surface area contributed by atoms with Crippen molar-refractivity contribution >= 4 is 21.7 Å². The molecule has 4 rings (SSSR count). The number of hydrogen-bond donors (Lipinski definition) is 2. The third-order valence-electron chi connectivity index (χ3n) is 6.43. The number of fused-ring (bicyclic) bond motifs is 1. The predicted molar refractivity (Wildman–Crippen MR) is 107 cm³/mol. The molecule has 3 atom stereocenters. The van der Waals surface area contributed by atoms with Gasteiger partial charge in [-0.25, -0.2) is 13.2 Å². The quantitative estimate of drug-likeness (QED) is 0.803. The van der Waals surface area contributed by atoms with Gasteiger partial charge in [-0.2, -0.15) is 4.31 Å². The van der Waals surface area contributed by atoms with Gasteiger partial charge in [0.2, 0.25) is 10.0 Å². The number of carbonyl (C=O) groups excluding carboxylic acids is 1. The number of benzene rings is 1. The lowest BCUT2D eigenvalue weighted by Crippen LogP contribution is -2.67. The number of rotatable bonds is 4. The van der Waals surface area contributed by atoms with Crippen molar-refractivity contribution < 1.29 is 17.9 Å². The largest absolute Gasteiger partial charge is 0.377 e. The van der Waals surface area contributed by atoms with Crippen molar-refractivity contribution in [3.63, 3.8) is 0 Å². The number of nitrogens with zero attached hydrogens (tertiary/aromatic N) is 1. The van der Waals surface area contributed by atoms with E-state index in [0.29, 0.717) is 24.7 Å². The summed E-state index contributed by atoms with van der Waals surface area (Å²) in [4.78, 5) is 12.8. The minimum atomic E-state index is -3.52. The van der Waals surface area contributed by atoms with E-state index in [-0.39, 0.29) is 28.5 Å². The summed E-state index contributed by atoms with van der Waals surface area (Å²) in [5.74, 6) is 0.353. The summed E-state index contributed by atoms with van der Waals surface area (Å²) in [5, 5.41) is 5.86. The van der Waals surface area contributed by atoms with Crippen LogP contribution in [0, 0.1) is 11.3 Å². The van der Waals surface area contributed by atoms with Crippen molar-refractivity contribution in [1.29, 1.82) is 0 Å². The van der Waals surface area contributed by atoms with E-state index in [1.54, 1.807) is 18.2 Å². The fourth-order valence-corrected chi connectivity index (χ4v) is 6.48. The molecule has 2 heterocycles. The Morgan fingerprint density at radius 1 is 1.21 bits per heavy atom. The summed E-state index contributed by atoms with van der Waals surface area (Å²) in [6, 6.07) is 6.25. The van der Waals surface area contributed by atoms with E-state index in [9.17, 15) is 13.2 Å². The second-order valence-electron chi connectivity index (χ2n) is 8.63. The fraction of sp³-hybridized carbons (Fsp3) is 0.650. The molecule has 1 aromatic rings. The summed E-state index contributed by atoms with van der Waals surface area (Å²) in [5.41, 5.74) is 0.379. The third kappa shape index (κ3) is 3.42. The molecule has 2 saturated heterocycles. The van der Waals surface area contributed by atoms with Gasteiger partial charge in [0, 0.05) is 42.8 Å². The zero-order valence-corrected chi connectivity index (χ0v) is 17.3. The number of ether oxygens (including phenoxy) is 1. The zero-order chi connectivity index (χ0) is 19.9. The molecule has 7 nitrogen and oxygen atoms in total. The summed E-state index contributed by atoms with van der Waals surface area (Å²) >= 11 is 0. The standard InChI is InChI=1S/C20H29N3O4S/c1-20(2)17(16-9-12-27-18(16)20)22-19(24)21-14-7-6-8-15(13-14)28(25,26)23-10-4-3-5-11-23/h6-8,13,16-18H,3-5,9-12H2,1-2H3,(H2,21,22,24)/t16-,17-,18+/m1/s1. The molecule has 0 bridgehead atoms. The molecule has 0 radical (unpaired) electrons. The van der Waals surface area contributed by atoms with Gasteiger partial charge in [0.25, 0.3) is 0 Å². The number of piperidine rings is 1. The van der Waals surface area contributed by atoms with E-state index in [1.807, 2.05) is 0 Å². The Kier molecular flexibility index (Phi) is 5.14. The lowest BCUT2D eigenvalue weighted by Gasteiger charge is -2.54. The number of carbonyl (C=O) groups is 1. The molecule has 0 spiro atoms. The highest BCUT2D eigenvalue weighted by Crippen LogP contribution is 2.52. The second-order valence-corrected chi connectivity index (χ2v) is 10.6. The maximum absolute atomic E-state index is 12.9. The average molecular weight is 408 g/mol. The van der Waals surface area contributed by atoms with Crippen molar-refractivity contribution in [2.75, 3.05) is 25.0 Å². The van der Waals surface area contributed by atoms with Gasteiger partial charge in [0.05, 0.1) is 11.0 Å².